The summed E-state index contributed by atoms with van der Waals surface area (Å²) in [4.78, 5) is 21.7. The highest BCUT2D eigenvalue weighted by molar-refractivity contribution is 6.38. The second kappa shape index (κ2) is 11.5. The molecular formula is C22H16Cl4F3N5O3. The second-order valence-corrected chi connectivity index (χ2v) is 9.44. The fraction of sp³-hybridized carbons (Fsp3) is 0.182. The number of halogens is 7. The van der Waals surface area contributed by atoms with Gasteiger partial charge in [-0.3, -0.25) is 14.9 Å². The number of carbonyl (C=O) groups excluding carboxylic acids is 1. The third-order valence-electron chi connectivity index (χ3n) is 4.45. The maximum Gasteiger partial charge on any atom is 0.416 e. The summed E-state index contributed by atoms with van der Waals surface area (Å²) < 4.78 is 38.7. The Kier molecular flexibility index (Phi) is 9.32. The molecule has 3 N–H and O–H groups in total. The van der Waals surface area contributed by atoms with E-state index in [9.17, 15) is 28.1 Å². The lowest BCUT2D eigenvalue weighted by Crippen LogP contribution is -2.42. The lowest BCUT2D eigenvalue weighted by atomic mass is 10.1. The van der Waals surface area contributed by atoms with Gasteiger partial charge >= 0.3 is 11.9 Å². The first-order valence-corrected chi connectivity index (χ1v) is 11.3. The van der Waals surface area contributed by atoms with Crippen LogP contribution in [0.2, 0.25) is 20.1 Å². The summed E-state index contributed by atoms with van der Waals surface area (Å²) in [6.45, 7) is 3.47. The van der Waals surface area contributed by atoms with Crippen LogP contribution in [0.5, 0.6) is 0 Å². The Hall–Kier alpha value is -3.17. The van der Waals surface area contributed by atoms with Crippen molar-refractivity contribution in [3.63, 3.8) is 0 Å². The van der Waals surface area contributed by atoms with Crippen molar-refractivity contribution in [3.8, 4) is 18.0 Å². The highest BCUT2D eigenvalue weighted by Crippen LogP contribution is 2.38. The minimum atomic E-state index is -4.63. The molecule has 196 valence electrons. The normalized spacial score (nSPS) is 11.2. The van der Waals surface area contributed by atoms with Crippen LogP contribution in [-0.2, 0) is 6.18 Å². The molecule has 0 atom stereocenters. The van der Waals surface area contributed by atoms with Gasteiger partial charge in [0.15, 0.2) is 0 Å². The molecular weight excluding hydrogens is 581 g/mol. The molecule has 0 fully saturated rings. The van der Waals surface area contributed by atoms with Crippen LogP contribution in [-0.4, -0.2) is 26.1 Å². The first-order chi connectivity index (χ1) is 17.0. The lowest BCUT2D eigenvalue weighted by Gasteiger charge is -2.19. The van der Waals surface area contributed by atoms with Crippen LogP contribution in [0.25, 0.3) is 5.69 Å². The molecule has 1 aromatic heterocycles. The van der Waals surface area contributed by atoms with Crippen molar-refractivity contribution < 1.29 is 22.9 Å². The number of aromatic nitrogens is 2. The highest BCUT2D eigenvalue weighted by atomic mass is 35.5. The van der Waals surface area contributed by atoms with Gasteiger partial charge in [0.2, 0.25) is 5.82 Å². The average Bonchev–Trinajstić information content (AvgIpc) is 3.13. The number of nitrogens with two attached hydrogens (primary N) is 1. The number of hydrogen-bond donors (Lipinski definition) is 2. The van der Waals surface area contributed by atoms with Gasteiger partial charge in [0.1, 0.15) is 11.9 Å². The van der Waals surface area contributed by atoms with Gasteiger partial charge in [-0.15, -0.1) is 6.42 Å². The SMILES string of the molecule is C#CC(C)(C)NC(=O)c1cc(Cl)cc(Cl)c1.Nc1c([N+](=O)[O-])cnn1-c1c(Cl)cc(C(F)(F)F)cc1Cl. The molecule has 0 aliphatic rings. The van der Waals surface area contributed by atoms with Gasteiger partial charge < -0.3 is 11.1 Å². The van der Waals surface area contributed by atoms with Crippen LogP contribution >= 0.6 is 46.4 Å². The summed E-state index contributed by atoms with van der Waals surface area (Å²) in [5, 5.41) is 17.0. The number of rotatable bonds is 4. The van der Waals surface area contributed by atoms with E-state index in [2.05, 4.69) is 16.3 Å². The van der Waals surface area contributed by atoms with Crippen LogP contribution in [0.1, 0.15) is 29.8 Å². The Morgan fingerprint density at radius 2 is 1.62 bits per heavy atom. The number of nitro groups is 1. The van der Waals surface area contributed by atoms with Crippen molar-refractivity contribution in [1.82, 2.24) is 15.1 Å². The predicted octanol–water partition coefficient (Wildman–Crippen LogP) is 6.82. The van der Waals surface area contributed by atoms with Crippen molar-refractivity contribution in [2.75, 3.05) is 5.73 Å². The minimum Gasteiger partial charge on any atom is -0.378 e. The molecule has 0 unspecified atom stereocenters. The van der Waals surface area contributed by atoms with Gasteiger partial charge in [0.25, 0.3) is 5.91 Å². The molecule has 0 aliphatic heterocycles. The molecule has 1 heterocycles. The monoisotopic (exact) mass is 595 g/mol. The van der Waals surface area contributed by atoms with E-state index in [1.54, 1.807) is 19.9 Å². The molecule has 0 aliphatic carbocycles. The molecule has 0 saturated carbocycles. The number of amides is 1. The quantitative estimate of drug-likeness (QED) is 0.195. The number of anilines is 1. The minimum absolute atomic E-state index is 0.170. The number of hydrogen-bond acceptors (Lipinski definition) is 5. The Morgan fingerprint density at radius 1 is 1.11 bits per heavy atom. The van der Waals surface area contributed by atoms with E-state index in [1.165, 1.54) is 12.1 Å². The molecule has 0 saturated heterocycles. The first-order valence-electron chi connectivity index (χ1n) is 9.77. The number of carbonyl (C=O) groups is 1. The number of nitrogens with zero attached hydrogens (tertiary/aromatic N) is 3. The Labute approximate surface area is 228 Å². The van der Waals surface area contributed by atoms with E-state index in [0.29, 0.717) is 27.7 Å². The van der Waals surface area contributed by atoms with Crippen LogP contribution in [0.15, 0.2) is 36.5 Å². The second-order valence-electron chi connectivity index (χ2n) is 7.75. The zero-order valence-electron chi connectivity index (χ0n) is 18.8. The van der Waals surface area contributed by atoms with E-state index in [0.717, 1.165) is 10.9 Å². The van der Waals surface area contributed by atoms with Gasteiger partial charge in [-0.05, 0) is 44.2 Å². The van der Waals surface area contributed by atoms with Crippen LogP contribution in [0.4, 0.5) is 24.7 Å². The number of alkyl halides is 3. The van der Waals surface area contributed by atoms with Crippen molar-refractivity contribution >= 4 is 63.8 Å². The van der Waals surface area contributed by atoms with Gasteiger partial charge in [0.05, 0.1) is 26.1 Å². The van der Waals surface area contributed by atoms with E-state index in [1.807, 2.05) is 0 Å². The van der Waals surface area contributed by atoms with Gasteiger partial charge in [-0.2, -0.15) is 18.3 Å². The smallest absolute Gasteiger partial charge is 0.378 e. The summed E-state index contributed by atoms with van der Waals surface area (Å²) in [5.74, 6) is 1.78. The number of nitrogens with one attached hydrogen (secondary N) is 1. The summed E-state index contributed by atoms with van der Waals surface area (Å²) >= 11 is 23.1. The van der Waals surface area contributed by atoms with Gasteiger partial charge in [-0.1, -0.05) is 52.3 Å². The highest BCUT2D eigenvalue weighted by Gasteiger charge is 2.33. The molecule has 8 nitrogen and oxygen atoms in total. The summed E-state index contributed by atoms with van der Waals surface area (Å²) in [6, 6.07) is 5.91. The number of terminal acetylenes is 1. The predicted molar refractivity (Wildman–Crippen MR) is 136 cm³/mol. The molecule has 3 aromatic rings. The van der Waals surface area contributed by atoms with E-state index in [-0.39, 0.29) is 21.6 Å². The fourth-order valence-electron chi connectivity index (χ4n) is 2.68. The zero-order chi connectivity index (χ0) is 28.3. The Balaban J connectivity index is 0.000000271. The number of nitrogen functional groups attached to an aromatic ring is 1. The topological polar surface area (TPSA) is 116 Å². The maximum atomic E-state index is 12.6. The molecule has 15 heteroatoms. The van der Waals surface area contributed by atoms with Crippen molar-refractivity contribution in [2.24, 2.45) is 0 Å². The number of benzene rings is 2. The lowest BCUT2D eigenvalue weighted by molar-refractivity contribution is -0.383. The van der Waals surface area contributed by atoms with Crippen LogP contribution < -0.4 is 11.1 Å². The van der Waals surface area contributed by atoms with Crippen molar-refractivity contribution in [2.45, 2.75) is 25.6 Å². The maximum absolute atomic E-state index is 12.6. The zero-order valence-corrected chi connectivity index (χ0v) is 21.9. The molecule has 0 spiro atoms. The van der Waals surface area contributed by atoms with Crippen LogP contribution in [0.3, 0.4) is 0 Å². The molecule has 0 bridgehead atoms. The van der Waals surface area contributed by atoms with E-state index < -0.39 is 33.7 Å². The largest absolute Gasteiger partial charge is 0.416 e. The van der Waals surface area contributed by atoms with E-state index >= 15 is 0 Å². The summed E-state index contributed by atoms with van der Waals surface area (Å²) in [5.41, 5.74) is 3.47. The molecule has 3 rings (SSSR count). The van der Waals surface area contributed by atoms with Gasteiger partial charge in [0, 0.05) is 15.6 Å². The Morgan fingerprint density at radius 3 is 2.03 bits per heavy atom. The fourth-order valence-corrected chi connectivity index (χ4v) is 3.85. The third-order valence-corrected chi connectivity index (χ3v) is 5.46. The molecule has 0 radical (unpaired) electrons. The molecule has 37 heavy (non-hydrogen) atoms. The molecule has 2 aromatic carbocycles. The van der Waals surface area contributed by atoms with Crippen molar-refractivity contribution in [3.05, 3.63) is 77.9 Å². The molecule has 1 amide bonds. The first kappa shape index (κ1) is 30.1. The summed E-state index contributed by atoms with van der Waals surface area (Å²) in [7, 11) is 0. The van der Waals surface area contributed by atoms with E-state index in [4.69, 9.17) is 58.6 Å². The standard InChI is InChI=1S/C12H11Cl2NO.C10H5Cl2F3N4O2/c1-4-12(2,3)15-11(16)8-5-9(13)7-10(14)6-8;11-5-1-4(10(13,14)15)2-6(12)8(5)18-9(16)7(3-17-18)19(20)21/h1,5-7H,2-3H3,(H,15,16);1-3H,16H2. The third kappa shape index (κ3) is 7.66. The summed E-state index contributed by atoms with van der Waals surface area (Å²) in [6.07, 6.45) is 1.49. The van der Waals surface area contributed by atoms with Crippen molar-refractivity contribution in [1.29, 1.82) is 0 Å². The average molecular weight is 597 g/mol. The van der Waals surface area contributed by atoms with Crippen LogP contribution in [0, 0.1) is 22.5 Å². The van der Waals surface area contributed by atoms with Gasteiger partial charge in [-0.25, -0.2) is 4.68 Å². The Bertz CT molecular complexity index is 1360.